The Hall–Kier alpha value is -1.58. The molecule has 1 N–H and O–H groups in total. The van der Waals surface area contributed by atoms with Gasteiger partial charge >= 0.3 is 5.97 Å². The monoisotopic (exact) mass is 224 g/mol. The van der Waals surface area contributed by atoms with E-state index in [1.165, 1.54) is 0 Å². The highest BCUT2D eigenvalue weighted by molar-refractivity contribution is 6.12. The molecule has 0 saturated heterocycles. The van der Waals surface area contributed by atoms with Crippen LogP contribution in [0.25, 0.3) is 0 Å². The Morgan fingerprint density at radius 3 is 2.38 bits per heavy atom. The minimum Gasteiger partial charge on any atom is -0.512 e. The van der Waals surface area contributed by atoms with Gasteiger partial charge in [0.1, 0.15) is 5.76 Å². The van der Waals surface area contributed by atoms with Crippen molar-refractivity contribution in [2.45, 2.75) is 33.6 Å². The number of ketones is 1. The molecular formula is C12H16O4. The van der Waals surface area contributed by atoms with Gasteiger partial charge in [-0.1, -0.05) is 5.57 Å². The van der Waals surface area contributed by atoms with Crippen LogP contribution in [0.1, 0.15) is 33.6 Å². The molecule has 1 aliphatic rings. The van der Waals surface area contributed by atoms with Gasteiger partial charge in [0.2, 0.25) is 0 Å². The lowest BCUT2D eigenvalue weighted by molar-refractivity contribution is -0.138. The van der Waals surface area contributed by atoms with E-state index in [-0.39, 0.29) is 35.7 Å². The quantitative estimate of drug-likeness (QED) is 0.588. The van der Waals surface area contributed by atoms with Crippen molar-refractivity contribution in [3.63, 3.8) is 0 Å². The molecule has 0 aliphatic heterocycles. The Kier molecular flexibility index (Phi) is 3.88. The molecule has 16 heavy (non-hydrogen) atoms. The van der Waals surface area contributed by atoms with Gasteiger partial charge in [0, 0.05) is 12.8 Å². The first-order chi connectivity index (χ1) is 7.49. The number of rotatable bonds is 3. The summed E-state index contributed by atoms with van der Waals surface area (Å²) in [6.07, 6.45) is 0.571. The normalized spacial score (nSPS) is 15.3. The summed E-state index contributed by atoms with van der Waals surface area (Å²) in [5, 5.41) is 9.61. The second-order valence-corrected chi connectivity index (χ2v) is 3.84. The number of aliphatic hydroxyl groups excluding tert-OH is 1. The van der Waals surface area contributed by atoms with Crippen molar-refractivity contribution in [1.29, 1.82) is 0 Å². The number of carbonyl (C=O) groups excluding carboxylic acids is 2. The van der Waals surface area contributed by atoms with Crippen LogP contribution in [0, 0.1) is 0 Å². The van der Waals surface area contributed by atoms with E-state index in [1.54, 1.807) is 20.8 Å². The van der Waals surface area contributed by atoms with Gasteiger partial charge in [0.15, 0.2) is 5.78 Å². The van der Waals surface area contributed by atoms with Crippen LogP contribution >= 0.6 is 0 Å². The van der Waals surface area contributed by atoms with Crippen LogP contribution in [0.3, 0.4) is 0 Å². The third-order valence-electron chi connectivity index (χ3n) is 2.39. The smallest absolute Gasteiger partial charge is 0.338 e. The van der Waals surface area contributed by atoms with Crippen molar-refractivity contribution in [2.75, 3.05) is 6.61 Å². The van der Waals surface area contributed by atoms with Crippen molar-refractivity contribution in [2.24, 2.45) is 0 Å². The Morgan fingerprint density at radius 2 is 2.00 bits per heavy atom. The highest BCUT2D eigenvalue weighted by Crippen LogP contribution is 2.29. The number of esters is 1. The van der Waals surface area contributed by atoms with Crippen molar-refractivity contribution >= 4 is 11.8 Å². The number of ether oxygens (including phenoxy) is 1. The Morgan fingerprint density at radius 1 is 1.38 bits per heavy atom. The molecule has 0 bridgehead atoms. The van der Waals surface area contributed by atoms with Gasteiger partial charge in [0.25, 0.3) is 0 Å². The number of allylic oxidation sites excluding steroid dienone is 2. The molecule has 0 unspecified atom stereocenters. The van der Waals surface area contributed by atoms with Gasteiger partial charge in [-0.3, -0.25) is 4.79 Å². The van der Waals surface area contributed by atoms with Crippen LogP contribution in [0.4, 0.5) is 0 Å². The standard InChI is InChI=1S/C12H16O4/c1-4-16-12(15)10(7(2)3)11-8(13)5-6-9(11)14/h13H,4-6H2,1-3H3. The molecule has 1 rings (SSSR count). The number of aliphatic hydroxyl groups is 1. The molecule has 4 heteroatoms. The summed E-state index contributed by atoms with van der Waals surface area (Å²) in [5.74, 6) is -0.740. The van der Waals surface area contributed by atoms with Crippen molar-refractivity contribution < 1.29 is 19.4 Å². The van der Waals surface area contributed by atoms with Crippen LogP contribution in [0.2, 0.25) is 0 Å². The minimum absolute atomic E-state index is 0.00532. The first kappa shape index (κ1) is 12.5. The maximum Gasteiger partial charge on any atom is 0.338 e. The van der Waals surface area contributed by atoms with E-state index < -0.39 is 5.97 Å². The van der Waals surface area contributed by atoms with E-state index in [9.17, 15) is 14.7 Å². The van der Waals surface area contributed by atoms with Crippen LogP contribution in [-0.4, -0.2) is 23.5 Å². The third-order valence-corrected chi connectivity index (χ3v) is 2.39. The average molecular weight is 224 g/mol. The molecule has 0 heterocycles. The maximum atomic E-state index is 11.7. The van der Waals surface area contributed by atoms with E-state index >= 15 is 0 Å². The maximum absolute atomic E-state index is 11.7. The Bertz CT molecular complexity index is 384. The second-order valence-electron chi connectivity index (χ2n) is 3.84. The summed E-state index contributed by atoms with van der Waals surface area (Å²) in [4.78, 5) is 23.3. The molecule has 0 atom stereocenters. The predicted molar refractivity (Wildman–Crippen MR) is 58.9 cm³/mol. The molecule has 0 aromatic heterocycles. The zero-order valence-corrected chi connectivity index (χ0v) is 9.79. The summed E-state index contributed by atoms with van der Waals surface area (Å²) >= 11 is 0. The molecule has 0 spiro atoms. The summed E-state index contributed by atoms with van der Waals surface area (Å²) in [5.41, 5.74) is 1.02. The van der Waals surface area contributed by atoms with Gasteiger partial charge in [-0.25, -0.2) is 4.79 Å². The van der Waals surface area contributed by atoms with Crippen molar-refractivity contribution in [1.82, 2.24) is 0 Å². The van der Waals surface area contributed by atoms with Crippen LogP contribution in [-0.2, 0) is 14.3 Å². The third kappa shape index (κ3) is 2.32. The van der Waals surface area contributed by atoms with E-state index in [4.69, 9.17) is 4.74 Å². The molecule has 0 fully saturated rings. The number of hydrogen-bond acceptors (Lipinski definition) is 4. The van der Waals surface area contributed by atoms with Gasteiger partial charge in [-0.15, -0.1) is 0 Å². The lowest BCUT2D eigenvalue weighted by atomic mass is 10.00. The topological polar surface area (TPSA) is 63.6 Å². The summed E-state index contributed by atoms with van der Waals surface area (Å²) in [7, 11) is 0. The lowest BCUT2D eigenvalue weighted by Crippen LogP contribution is -2.15. The van der Waals surface area contributed by atoms with Crippen molar-refractivity contribution in [3.05, 3.63) is 22.5 Å². The first-order valence-electron chi connectivity index (χ1n) is 5.29. The van der Waals surface area contributed by atoms with Gasteiger partial charge in [-0.05, 0) is 20.8 Å². The number of Topliss-reactive ketones (excluding diaryl/α,β-unsaturated/α-hetero) is 1. The summed E-state index contributed by atoms with van der Waals surface area (Å²) in [6, 6.07) is 0. The SMILES string of the molecule is CCOC(=O)C(=C(C)C)C1=C(O)CCC1=O. The van der Waals surface area contributed by atoms with Gasteiger partial charge in [-0.2, -0.15) is 0 Å². The van der Waals surface area contributed by atoms with E-state index in [0.717, 1.165) is 0 Å². The molecular weight excluding hydrogens is 208 g/mol. The van der Waals surface area contributed by atoms with E-state index in [1.807, 2.05) is 0 Å². The van der Waals surface area contributed by atoms with Crippen molar-refractivity contribution in [3.8, 4) is 0 Å². The molecule has 1 aliphatic carbocycles. The molecule has 0 amide bonds. The highest BCUT2D eigenvalue weighted by atomic mass is 16.5. The van der Waals surface area contributed by atoms with Gasteiger partial charge in [0.05, 0.1) is 17.8 Å². The van der Waals surface area contributed by atoms with Crippen LogP contribution in [0.15, 0.2) is 22.5 Å². The molecule has 0 radical (unpaired) electrons. The minimum atomic E-state index is -0.542. The molecule has 0 aromatic carbocycles. The number of carbonyl (C=O) groups is 2. The average Bonchev–Trinajstić information content (AvgIpc) is 2.50. The fourth-order valence-corrected chi connectivity index (χ4v) is 1.69. The second kappa shape index (κ2) is 4.96. The molecule has 0 saturated carbocycles. The fraction of sp³-hybridized carbons (Fsp3) is 0.500. The zero-order valence-electron chi connectivity index (χ0n) is 9.79. The molecule has 0 aromatic rings. The van der Waals surface area contributed by atoms with Gasteiger partial charge < -0.3 is 9.84 Å². The Balaban J connectivity index is 3.16. The fourth-order valence-electron chi connectivity index (χ4n) is 1.69. The largest absolute Gasteiger partial charge is 0.512 e. The van der Waals surface area contributed by atoms with E-state index in [0.29, 0.717) is 12.0 Å². The van der Waals surface area contributed by atoms with Crippen LogP contribution < -0.4 is 0 Å². The molecule has 88 valence electrons. The first-order valence-corrected chi connectivity index (χ1v) is 5.29. The van der Waals surface area contributed by atoms with E-state index in [2.05, 4.69) is 0 Å². The Labute approximate surface area is 94.6 Å². The highest BCUT2D eigenvalue weighted by Gasteiger charge is 2.30. The summed E-state index contributed by atoms with van der Waals surface area (Å²) in [6.45, 7) is 5.39. The molecule has 4 nitrogen and oxygen atoms in total. The number of hydrogen-bond donors (Lipinski definition) is 1. The lowest BCUT2D eigenvalue weighted by Gasteiger charge is -2.09. The predicted octanol–water partition coefficient (Wildman–Crippen LogP) is 2.06. The van der Waals surface area contributed by atoms with Crippen LogP contribution in [0.5, 0.6) is 0 Å². The summed E-state index contributed by atoms with van der Waals surface area (Å²) < 4.78 is 4.88. The zero-order chi connectivity index (χ0) is 12.3.